The number of unbranched alkanes of at least 4 members (excludes halogenated alkanes) is 5. The van der Waals surface area contributed by atoms with Crippen LogP contribution in [0.5, 0.6) is 0 Å². The first-order chi connectivity index (χ1) is 41.1. The summed E-state index contributed by atoms with van der Waals surface area (Å²) in [5, 5.41) is 22.4. The first-order valence-corrected chi connectivity index (χ1v) is 34.6. The van der Waals surface area contributed by atoms with Crippen LogP contribution in [0.2, 0.25) is 0 Å². The molecule has 0 unspecified atom stereocenters. The summed E-state index contributed by atoms with van der Waals surface area (Å²) >= 11 is 0. The van der Waals surface area contributed by atoms with Gasteiger partial charge in [-0.05, 0) is 201 Å². The smallest absolute Gasteiger partial charge is 0.305 e. The second-order valence-corrected chi connectivity index (χ2v) is 32.0. The van der Waals surface area contributed by atoms with Crippen LogP contribution in [-0.2, 0) is 19.1 Å². The van der Waals surface area contributed by atoms with Gasteiger partial charge in [-0.15, -0.1) is 0 Å². The van der Waals surface area contributed by atoms with E-state index in [2.05, 4.69) is 190 Å². The standard InChI is InChI=1S/C68H126N16O4/c1-21-25-35-81(49-41-61(5,6)77-62(7,8)42-49)57-71-55(72-58(75-57)82(36-26-22-2)50-43-63(9,10)78-64(11,12)44-50)69-33-39-87-53(85)31-29-30-32-54(86)88-40-34-70-56-73-59(83(37-27-23-3)51-45-65(13,14)79-66(15,16)46-51)76-60(74-56)84(38-28-24-4)52-47-67(17,18)80-68(19,20)48-52/h49-52,77-80H,21-48H2,1-20H3,(H,69,71,72,75)(H,70,73,74,76). The van der Waals surface area contributed by atoms with E-state index in [1.807, 2.05) is 0 Å². The molecule has 0 amide bonds. The fourth-order valence-corrected chi connectivity index (χ4v) is 15.8. The zero-order valence-electron chi connectivity index (χ0n) is 59.2. The highest BCUT2D eigenvalue weighted by Gasteiger charge is 2.45. The highest BCUT2D eigenvalue weighted by Crippen LogP contribution is 2.39. The second kappa shape index (κ2) is 30.8. The molecule has 88 heavy (non-hydrogen) atoms. The monoisotopic (exact) mass is 1230 g/mol. The Hall–Kier alpha value is -4.40. The van der Waals surface area contributed by atoms with Crippen LogP contribution in [-0.4, -0.2) is 163 Å². The normalized spacial score (nSPS) is 21.3. The van der Waals surface area contributed by atoms with Crippen LogP contribution in [0.4, 0.5) is 35.7 Å². The van der Waals surface area contributed by atoms with Crippen molar-refractivity contribution in [3.63, 3.8) is 0 Å². The Kier molecular flexibility index (Phi) is 25.4. The number of esters is 2. The number of ether oxygens (including phenoxy) is 2. The number of hydrogen-bond donors (Lipinski definition) is 6. The molecule has 4 saturated heterocycles. The molecule has 4 fully saturated rings. The lowest BCUT2D eigenvalue weighted by Crippen LogP contribution is -2.63. The van der Waals surface area contributed by atoms with Crippen molar-refractivity contribution in [1.82, 2.24) is 51.2 Å². The van der Waals surface area contributed by atoms with E-state index in [-0.39, 0.29) is 106 Å². The van der Waals surface area contributed by atoms with E-state index in [1.54, 1.807) is 0 Å². The summed E-state index contributed by atoms with van der Waals surface area (Å²) in [5.41, 5.74) is -0.505. The fourth-order valence-electron chi connectivity index (χ4n) is 15.8. The van der Waals surface area contributed by atoms with Crippen molar-refractivity contribution in [2.45, 2.75) is 335 Å². The van der Waals surface area contributed by atoms with Gasteiger partial charge in [0.1, 0.15) is 13.2 Å². The molecule has 0 aliphatic carbocycles. The molecular weight excluding hydrogens is 1100 g/mol. The van der Waals surface area contributed by atoms with E-state index in [9.17, 15) is 9.59 Å². The Labute approximate surface area is 533 Å². The topological polar surface area (TPSA) is 215 Å². The molecule has 6 N–H and O–H groups in total. The van der Waals surface area contributed by atoms with Crippen molar-refractivity contribution in [3.8, 4) is 0 Å². The fraction of sp³-hybridized carbons (Fsp3) is 0.882. The Morgan fingerprint density at radius 2 is 0.591 bits per heavy atom. The minimum Gasteiger partial charge on any atom is -0.464 e. The molecule has 502 valence electrons. The molecule has 2 aromatic heterocycles. The molecule has 0 radical (unpaired) electrons. The largest absolute Gasteiger partial charge is 0.464 e. The van der Waals surface area contributed by atoms with Gasteiger partial charge >= 0.3 is 11.9 Å². The van der Waals surface area contributed by atoms with E-state index < -0.39 is 0 Å². The van der Waals surface area contributed by atoms with Crippen molar-refractivity contribution in [1.29, 1.82) is 0 Å². The summed E-state index contributed by atoms with van der Waals surface area (Å²) in [7, 11) is 0. The minimum atomic E-state index is -0.307. The third-order valence-electron chi connectivity index (χ3n) is 18.0. The van der Waals surface area contributed by atoms with Crippen molar-refractivity contribution < 1.29 is 19.1 Å². The van der Waals surface area contributed by atoms with Gasteiger partial charge in [-0.3, -0.25) is 9.59 Å². The van der Waals surface area contributed by atoms with Crippen LogP contribution in [0.3, 0.4) is 0 Å². The number of hydrogen-bond acceptors (Lipinski definition) is 20. The number of anilines is 6. The predicted octanol–water partition coefficient (Wildman–Crippen LogP) is 11.9. The molecule has 6 heterocycles. The van der Waals surface area contributed by atoms with Crippen LogP contribution in [0.25, 0.3) is 0 Å². The van der Waals surface area contributed by atoms with Crippen molar-refractivity contribution in [2.24, 2.45) is 0 Å². The molecule has 0 atom stereocenters. The van der Waals surface area contributed by atoms with Gasteiger partial charge < -0.3 is 61.0 Å². The van der Waals surface area contributed by atoms with Crippen LogP contribution in [0.1, 0.15) is 267 Å². The number of nitrogens with zero attached hydrogens (tertiary/aromatic N) is 10. The molecule has 0 aromatic carbocycles. The van der Waals surface area contributed by atoms with Crippen molar-refractivity contribution >= 4 is 47.6 Å². The number of piperidine rings is 4. The summed E-state index contributed by atoms with van der Waals surface area (Å²) in [6.45, 7) is 50.1. The SMILES string of the molecule is CCCCN(c1nc(NCCOC(=O)CCCCC(=O)OCCNc2nc(N(CCCC)C3CC(C)(C)NC(C)(C)C3)nc(N(CCCC)C3CC(C)(C)NC(C)(C)C3)n2)nc(N(CCCC)C2CC(C)(C)NC(C)(C)C2)n1)C1CC(C)(C)NC(C)(C)C1. The summed E-state index contributed by atoms with van der Waals surface area (Å²) in [6, 6.07) is 0.916. The number of rotatable bonds is 33. The predicted molar refractivity (Wildman–Crippen MR) is 363 cm³/mol. The Bertz CT molecular complexity index is 2150. The number of aromatic nitrogens is 6. The third kappa shape index (κ3) is 22.8. The quantitative estimate of drug-likeness (QED) is 0.0289. The van der Waals surface area contributed by atoms with Gasteiger partial charge in [0.25, 0.3) is 0 Å². The van der Waals surface area contributed by atoms with Gasteiger partial charge in [-0.2, -0.15) is 29.9 Å². The summed E-state index contributed by atoms with van der Waals surface area (Å²) in [4.78, 5) is 67.6. The van der Waals surface area contributed by atoms with Crippen LogP contribution in [0.15, 0.2) is 0 Å². The average Bonchev–Trinajstić information content (AvgIpc) is 2.80. The summed E-state index contributed by atoms with van der Waals surface area (Å²) < 4.78 is 11.5. The first kappa shape index (κ1) is 72.7. The molecule has 20 heteroatoms. The first-order valence-electron chi connectivity index (χ1n) is 34.6. The number of carbonyl (C=O) groups excluding carboxylic acids is 2. The molecule has 20 nitrogen and oxygen atoms in total. The molecule has 4 aliphatic heterocycles. The maximum Gasteiger partial charge on any atom is 0.305 e. The third-order valence-corrected chi connectivity index (χ3v) is 18.0. The molecule has 2 aromatic rings. The van der Waals surface area contributed by atoms with E-state index in [4.69, 9.17) is 39.4 Å². The van der Waals surface area contributed by atoms with Gasteiger partial charge in [0.05, 0.1) is 13.1 Å². The van der Waals surface area contributed by atoms with E-state index in [0.717, 1.165) is 129 Å². The summed E-state index contributed by atoms with van der Waals surface area (Å²) in [5.74, 6) is 3.15. The maximum absolute atomic E-state index is 13.2. The van der Waals surface area contributed by atoms with Gasteiger partial charge in [0, 0.05) is 107 Å². The average molecular weight is 1230 g/mol. The molecule has 0 spiro atoms. The molecule has 4 aliphatic rings. The van der Waals surface area contributed by atoms with Gasteiger partial charge in [0.15, 0.2) is 0 Å². The van der Waals surface area contributed by atoms with Crippen LogP contribution in [0, 0.1) is 0 Å². The highest BCUT2D eigenvalue weighted by atomic mass is 16.5. The van der Waals surface area contributed by atoms with Gasteiger partial charge in [0.2, 0.25) is 35.7 Å². The Morgan fingerprint density at radius 3 is 0.795 bits per heavy atom. The Balaban J connectivity index is 1.08. The lowest BCUT2D eigenvalue weighted by atomic mass is 9.79. The van der Waals surface area contributed by atoms with E-state index in [0.29, 0.717) is 61.6 Å². The minimum absolute atomic E-state index is 0.0631. The molecule has 6 rings (SSSR count). The maximum atomic E-state index is 13.2. The molecule has 0 bridgehead atoms. The zero-order valence-corrected chi connectivity index (χ0v) is 59.2. The zero-order chi connectivity index (χ0) is 64.9. The van der Waals surface area contributed by atoms with Gasteiger partial charge in [-0.1, -0.05) is 53.4 Å². The second-order valence-electron chi connectivity index (χ2n) is 32.0. The molecule has 0 saturated carbocycles. The highest BCUT2D eigenvalue weighted by molar-refractivity contribution is 5.70. The van der Waals surface area contributed by atoms with E-state index >= 15 is 0 Å². The summed E-state index contributed by atoms with van der Waals surface area (Å²) in [6.07, 6.45) is 17.4. The number of nitrogens with one attached hydrogen (secondary N) is 6. The van der Waals surface area contributed by atoms with Crippen molar-refractivity contribution in [2.75, 3.05) is 82.7 Å². The Morgan fingerprint density at radius 1 is 0.375 bits per heavy atom. The lowest BCUT2D eigenvalue weighted by Gasteiger charge is -2.50. The van der Waals surface area contributed by atoms with Crippen LogP contribution >= 0.6 is 0 Å². The van der Waals surface area contributed by atoms with Gasteiger partial charge in [-0.25, -0.2) is 0 Å². The molecular formula is C68H126N16O4. The number of carbonyl (C=O) groups is 2. The lowest BCUT2D eigenvalue weighted by molar-refractivity contribution is -0.145. The van der Waals surface area contributed by atoms with Crippen LogP contribution < -0.4 is 51.5 Å². The van der Waals surface area contributed by atoms with Crippen molar-refractivity contribution in [3.05, 3.63) is 0 Å². The van der Waals surface area contributed by atoms with E-state index in [1.165, 1.54) is 0 Å².